The lowest BCUT2D eigenvalue weighted by Crippen LogP contribution is -2.28. The topological polar surface area (TPSA) is 72.8 Å². The molecule has 48 heavy (non-hydrogen) atoms. The van der Waals surface area contributed by atoms with Crippen LogP contribution in [-0.4, -0.2) is 36.4 Å². The van der Waals surface area contributed by atoms with Gasteiger partial charge in [-0.3, -0.25) is 9.59 Å². The fourth-order valence-electron chi connectivity index (χ4n) is 4.59. The van der Waals surface area contributed by atoms with Crippen LogP contribution in [0.2, 0.25) is 0 Å². The molecule has 270 valence electrons. The molecule has 0 heterocycles. The van der Waals surface area contributed by atoms with Crippen molar-refractivity contribution in [1.82, 2.24) is 0 Å². The second kappa shape index (κ2) is 38.3. The fraction of sp³-hybridized carbons (Fsp3) is 0.581. The third-order valence-electron chi connectivity index (χ3n) is 7.37. The minimum atomic E-state index is -0.802. The Labute approximate surface area is 294 Å². The van der Waals surface area contributed by atoms with Crippen molar-refractivity contribution in [1.29, 1.82) is 0 Å². The summed E-state index contributed by atoms with van der Waals surface area (Å²) in [5.74, 6) is -0.668. The molecule has 0 aromatic carbocycles. The van der Waals surface area contributed by atoms with Gasteiger partial charge < -0.3 is 14.6 Å². The van der Waals surface area contributed by atoms with Crippen LogP contribution < -0.4 is 0 Å². The van der Waals surface area contributed by atoms with Crippen LogP contribution in [-0.2, 0) is 19.1 Å². The van der Waals surface area contributed by atoms with Crippen LogP contribution in [0.4, 0.5) is 0 Å². The molecule has 5 nitrogen and oxygen atoms in total. The molecule has 1 atom stereocenters. The summed E-state index contributed by atoms with van der Waals surface area (Å²) >= 11 is 0. The number of carbonyl (C=O) groups is 2. The highest BCUT2D eigenvalue weighted by Gasteiger charge is 2.16. The average molecular weight is 665 g/mol. The molecule has 0 radical (unpaired) electrons. The summed E-state index contributed by atoms with van der Waals surface area (Å²) in [6.45, 7) is 3.83. The molecule has 5 heteroatoms. The summed E-state index contributed by atoms with van der Waals surface area (Å²) < 4.78 is 10.5. The Morgan fingerprint density at radius 2 is 0.833 bits per heavy atom. The van der Waals surface area contributed by atoms with Crippen LogP contribution in [0.3, 0.4) is 0 Å². The molecule has 0 rings (SSSR count). The zero-order valence-corrected chi connectivity index (χ0v) is 30.5. The highest BCUT2D eigenvalue weighted by atomic mass is 16.6. The molecule has 0 aliphatic carbocycles. The first kappa shape index (κ1) is 44.8. The molecule has 0 amide bonds. The van der Waals surface area contributed by atoms with Crippen LogP contribution in [0.5, 0.6) is 0 Å². The Morgan fingerprint density at radius 3 is 1.29 bits per heavy atom. The summed E-state index contributed by atoms with van der Waals surface area (Å²) in [6.07, 6.45) is 53.2. The van der Waals surface area contributed by atoms with Gasteiger partial charge in [0.1, 0.15) is 6.61 Å². The zero-order chi connectivity index (χ0) is 35.0. The number of aliphatic hydroxyl groups is 1. The summed E-state index contributed by atoms with van der Waals surface area (Å²) in [7, 11) is 0. The molecular weight excluding hydrogens is 596 g/mol. The number of rotatable bonds is 32. The Kier molecular flexibility index (Phi) is 35.7. The second-order valence-electron chi connectivity index (χ2n) is 11.9. The first-order chi connectivity index (χ1) is 23.6. The van der Waals surface area contributed by atoms with Gasteiger partial charge in [-0.1, -0.05) is 137 Å². The third-order valence-corrected chi connectivity index (χ3v) is 7.37. The molecule has 0 saturated heterocycles. The normalized spacial score (nSPS) is 13.3. The highest BCUT2D eigenvalue weighted by Crippen LogP contribution is 2.11. The van der Waals surface area contributed by atoms with Gasteiger partial charge in [0.15, 0.2) is 6.10 Å². The van der Waals surface area contributed by atoms with Gasteiger partial charge in [-0.25, -0.2) is 0 Å². The second-order valence-corrected chi connectivity index (χ2v) is 11.9. The lowest BCUT2D eigenvalue weighted by Gasteiger charge is -2.15. The molecule has 0 aliphatic rings. The monoisotopic (exact) mass is 665 g/mol. The maximum Gasteiger partial charge on any atom is 0.306 e. The molecule has 0 bridgehead atoms. The number of esters is 2. The molecule has 0 aliphatic heterocycles. The first-order valence-corrected chi connectivity index (χ1v) is 18.8. The number of unbranched alkanes of at least 4 members (excludes halogenated alkanes) is 8. The predicted molar refractivity (Wildman–Crippen MR) is 205 cm³/mol. The van der Waals surface area contributed by atoms with E-state index in [0.29, 0.717) is 12.8 Å². The van der Waals surface area contributed by atoms with Gasteiger partial charge in [0, 0.05) is 12.8 Å². The van der Waals surface area contributed by atoms with Crippen LogP contribution in [0, 0.1) is 0 Å². The molecule has 0 saturated carbocycles. The average Bonchev–Trinajstić information content (AvgIpc) is 3.09. The van der Waals surface area contributed by atoms with E-state index in [0.717, 1.165) is 96.3 Å². The molecule has 1 unspecified atom stereocenters. The maximum absolute atomic E-state index is 12.2. The van der Waals surface area contributed by atoms with Gasteiger partial charge in [0.05, 0.1) is 6.61 Å². The van der Waals surface area contributed by atoms with Crippen molar-refractivity contribution in [3.8, 4) is 0 Å². The summed E-state index contributed by atoms with van der Waals surface area (Å²) in [6, 6.07) is 0. The quantitative estimate of drug-likeness (QED) is 0.0440. The van der Waals surface area contributed by atoms with Crippen LogP contribution >= 0.6 is 0 Å². The Morgan fingerprint density at radius 1 is 0.479 bits per heavy atom. The van der Waals surface area contributed by atoms with Crippen molar-refractivity contribution in [3.05, 3.63) is 97.2 Å². The number of allylic oxidation sites excluding steroid dienone is 16. The highest BCUT2D eigenvalue weighted by molar-refractivity contribution is 5.70. The number of carbonyl (C=O) groups excluding carboxylic acids is 2. The SMILES string of the molecule is CC/C=C\C/C=C\C/C=C\C/C=C\CCCCCCCCC(=O)OC(CO)COC(=O)CCCC/C=C\C/C=C\C/C=C\C/C=C\CC. The Bertz CT molecular complexity index is 979. The van der Waals surface area contributed by atoms with Gasteiger partial charge in [0.2, 0.25) is 0 Å². The maximum atomic E-state index is 12.2. The van der Waals surface area contributed by atoms with Gasteiger partial charge in [-0.05, 0) is 89.9 Å². The lowest BCUT2D eigenvalue weighted by molar-refractivity contribution is -0.161. The lowest BCUT2D eigenvalue weighted by atomic mass is 10.1. The standard InChI is InChI=1S/C43H68O5/c1-3-5-7-9-11-13-15-17-19-20-21-22-24-26-28-30-32-34-36-38-43(46)48-41(39-44)40-47-42(45)37-35-33-31-29-27-25-23-18-16-14-12-10-8-6-4-2/h5-8,11-14,17-19,21-23,27,29,41,44H,3-4,9-10,15-16,20,24-26,28,30-40H2,1-2H3/b7-5-,8-6-,13-11-,14-12-,19-17-,22-21-,23-18-,29-27-. The van der Waals surface area contributed by atoms with Crippen LogP contribution in [0.25, 0.3) is 0 Å². The van der Waals surface area contributed by atoms with E-state index in [1.807, 2.05) is 0 Å². The van der Waals surface area contributed by atoms with Gasteiger partial charge >= 0.3 is 11.9 Å². The van der Waals surface area contributed by atoms with E-state index >= 15 is 0 Å². The van der Waals surface area contributed by atoms with Crippen molar-refractivity contribution in [2.45, 2.75) is 148 Å². The molecule has 0 fully saturated rings. The first-order valence-electron chi connectivity index (χ1n) is 18.8. The van der Waals surface area contributed by atoms with Crippen LogP contribution in [0.15, 0.2) is 97.2 Å². The Balaban J connectivity index is 3.70. The molecule has 0 spiro atoms. The van der Waals surface area contributed by atoms with E-state index in [9.17, 15) is 14.7 Å². The fourth-order valence-corrected chi connectivity index (χ4v) is 4.59. The van der Waals surface area contributed by atoms with E-state index in [4.69, 9.17) is 9.47 Å². The molecule has 1 N–H and O–H groups in total. The number of ether oxygens (including phenoxy) is 2. The molecule has 0 aromatic heterocycles. The van der Waals surface area contributed by atoms with Crippen molar-refractivity contribution in [3.63, 3.8) is 0 Å². The summed E-state index contributed by atoms with van der Waals surface area (Å²) in [5.41, 5.74) is 0. The number of hydrogen-bond donors (Lipinski definition) is 1. The summed E-state index contributed by atoms with van der Waals surface area (Å²) in [5, 5.41) is 9.54. The predicted octanol–water partition coefficient (Wildman–Crippen LogP) is 11.7. The molecular formula is C43H68O5. The minimum Gasteiger partial charge on any atom is -0.462 e. The van der Waals surface area contributed by atoms with E-state index < -0.39 is 6.10 Å². The minimum absolute atomic E-state index is 0.1000. The summed E-state index contributed by atoms with van der Waals surface area (Å²) in [4.78, 5) is 24.2. The van der Waals surface area contributed by atoms with Crippen molar-refractivity contribution >= 4 is 11.9 Å². The molecule has 0 aromatic rings. The van der Waals surface area contributed by atoms with Gasteiger partial charge in [-0.15, -0.1) is 0 Å². The van der Waals surface area contributed by atoms with E-state index in [1.165, 1.54) is 19.3 Å². The smallest absolute Gasteiger partial charge is 0.306 e. The Hall–Kier alpha value is -3.18. The van der Waals surface area contributed by atoms with E-state index in [1.54, 1.807) is 0 Å². The third kappa shape index (κ3) is 35.7. The largest absolute Gasteiger partial charge is 0.462 e. The number of aliphatic hydroxyl groups excluding tert-OH is 1. The van der Waals surface area contributed by atoms with E-state index in [-0.39, 0.29) is 25.2 Å². The van der Waals surface area contributed by atoms with Crippen molar-refractivity contribution < 1.29 is 24.2 Å². The van der Waals surface area contributed by atoms with Gasteiger partial charge in [0.25, 0.3) is 0 Å². The van der Waals surface area contributed by atoms with Gasteiger partial charge in [-0.2, -0.15) is 0 Å². The van der Waals surface area contributed by atoms with Crippen molar-refractivity contribution in [2.75, 3.05) is 13.2 Å². The number of hydrogen-bond acceptors (Lipinski definition) is 5. The van der Waals surface area contributed by atoms with Crippen molar-refractivity contribution in [2.24, 2.45) is 0 Å². The van der Waals surface area contributed by atoms with Crippen LogP contribution in [0.1, 0.15) is 142 Å². The van der Waals surface area contributed by atoms with E-state index in [2.05, 4.69) is 111 Å². The zero-order valence-electron chi connectivity index (χ0n) is 30.5.